The Morgan fingerprint density at radius 3 is 2.75 bits per heavy atom. The van der Waals surface area contributed by atoms with Gasteiger partial charge in [-0.2, -0.15) is 0 Å². The molecule has 0 amide bonds. The van der Waals surface area contributed by atoms with Gasteiger partial charge in [-0.05, 0) is 6.42 Å². The van der Waals surface area contributed by atoms with Gasteiger partial charge in [0.1, 0.15) is 5.01 Å². The first-order valence-corrected chi connectivity index (χ1v) is 7.55. The Kier molecular flexibility index (Phi) is 3.80. The van der Waals surface area contributed by atoms with Crippen LogP contribution in [-0.4, -0.2) is 15.2 Å². The first kappa shape index (κ1) is 13.3. The summed E-state index contributed by atoms with van der Waals surface area (Å²) in [4.78, 5) is 5.67. The first-order chi connectivity index (χ1) is 9.78. The van der Waals surface area contributed by atoms with Gasteiger partial charge >= 0.3 is 0 Å². The molecule has 0 aliphatic carbocycles. The minimum absolute atomic E-state index is 0.425. The smallest absolute Gasteiger partial charge is 0.159 e. The van der Waals surface area contributed by atoms with Crippen molar-refractivity contribution in [3.63, 3.8) is 0 Å². The Labute approximate surface area is 125 Å². The number of halogens is 1. The summed E-state index contributed by atoms with van der Waals surface area (Å²) in [6.45, 7) is 2.77. The van der Waals surface area contributed by atoms with Gasteiger partial charge in [0.05, 0.1) is 6.54 Å². The summed E-state index contributed by atoms with van der Waals surface area (Å²) in [5, 5.41) is 14.7. The minimum Gasteiger partial charge on any atom is -0.362 e. The fraction of sp³-hybridized carbons (Fsp3) is 0.214. The van der Waals surface area contributed by atoms with Crippen LogP contribution < -0.4 is 5.32 Å². The van der Waals surface area contributed by atoms with E-state index < -0.39 is 0 Å². The molecule has 20 heavy (non-hydrogen) atoms. The average molecular weight is 305 g/mol. The molecule has 0 saturated heterocycles. The fourth-order valence-electron chi connectivity index (χ4n) is 1.95. The monoisotopic (exact) mass is 304 g/mol. The molecule has 0 unspecified atom stereocenters. The molecule has 4 nitrogen and oxygen atoms in total. The van der Waals surface area contributed by atoms with E-state index in [0.717, 1.165) is 28.0 Å². The van der Waals surface area contributed by atoms with Gasteiger partial charge in [-0.3, -0.25) is 0 Å². The van der Waals surface area contributed by atoms with E-state index in [1.54, 1.807) is 11.3 Å². The number of aromatic nitrogens is 3. The highest BCUT2D eigenvalue weighted by atomic mass is 35.5. The predicted molar refractivity (Wildman–Crippen MR) is 83.4 cm³/mol. The predicted octanol–water partition coefficient (Wildman–Crippen LogP) is 3.91. The number of aryl methyl sites for hydroxylation is 1. The Morgan fingerprint density at radius 2 is 2.00 bits per heavy atom. The van der Waals surface area contributed by atoms with E-state index in [1.807, 2.05) is 30.5 Å². The number of hydrogen-bond donors (Lipinski definition) is 1. The van der Waals surface area contributed by atoms with Gasteiger partial charge in [0.25, 0.3) is 0 Å². The maximum atomic E-state index is 6.06. The molecule has 102 valence electrons. The third-order valence-electron chi connectivity index (χ3n) is 3.00. The lowest BCUT2D eigenvalue weighted by Crippen LogP contribution is -2.03. The molecular formula is C14H13ClN4S. The standard InChI is InChI=1S/C14H13ClN4S/c1-2-9-7-16-12(20-9)8-17-14-11-6-4-3-5-10(11)13(15)18-19-14/h3-7H,2,8H2,1H3,(H,17,19). The van der Waals surface area contributed by atoms with Gasteiger partial charge in [0, 0.05) is 21.8 Å². The largest absolute Gasteiger partial charge is 0.362 e. The highest BCUT2D eigenvalue weighted by Crippen LogP contribution is 2.26. The number of anilines is 1. The maximum Gasteiger partial charge on any atom is 0.159 e. The summed E-state index contributed by atoms with van der Waals surface area (Å²) in [7, 11) is 0. The van der Waals surface area contributed by atoms with Crippen LogP contribution in [0, 0.1) is 0 Å². The zero-order valence-electron chi connectivity index (χ0n) is 10.9. The normalized spacial score (nSPS) is 10.9. The molecule has 3 rings (SSSR count). The van der Waals surface area contributed by atoms with Gasteiger partial charge in [-0.25, -0.2) is 4.98 Å². The summed E-state index contributed by atoms with van der Waals surface area (Å²) in [6.07, 6.45) is 2.94. The molecule has 2 aromatic heterocycles. The Balaban J connectivity index is 1.86. The highest BCUT2D eigenvalue weighted by Gasteiger charge is 2.08. The van der Waals surface area contributed by atoms with Crippen molar-refractivity contribution in [1.29, 1.82) is 0 Å². The van der Waals surface area contributed by atoms with Crippen LogP contribution in [-0.2, 0) is 13.0 Å². The number of rotatable bonds is 4. The van der Waals surface area contributed by atoms with E-state index in [1.165, 1.54) is 4.88 Å². The summed E-state index contributed by atoms with van der Waals surface area (Å²) in [6, 6.07) is 7.83. The molecule has 0 bridgehead atoms. The fourth-order valence-corrected chi connectivity index (χ4v) is 2.96. The molecule has 0 aliphatic heterocycles. The number of nitrogens with one attached hydrogen (secondary N) is 1. The lowest BCUT2D eigenvalue weighted by molar-refractivity contribution is 1.01. The van der Waals surface area contributed by atoms with Crippen LogP contribution in [0.15, 0.2) is 30.5 Å². The Hall–Kier alpha value is -1.72. The van der Waals surface area contributed by atoms with E-state index in [4.69, 9.17) is 11.6 Å². The second-order valence-corrected chi connectivity index (χ2v) is 5.87. The van der Waals surface area contributed by atoms with Crippen molar-refractivity contribution in [2.45, 2.75) is 19.9 Å². The van der Waals surface area contributed by atoms with Crippen molar-refractivity contribution < 1.29 is 0 Å². The van der Waals surface area contributed by atoms with E-state index in [9.17, 15) is 0 Å². The highest BCUT2D eigenvalue weighted by molar-refractivity contribution is 7.11. The van der Waals surface area contributed by atoms with Crippen molar-refractivity contribution in [1.82, 2.24) is 15.2 Å². The molecular weight excluding hydrogens is 292 g/mol. The molecule has 0 radical (unpaired) electrons. The molecule has 1 aromatic carbocycles. The van der Waals surface area contributed by atoms with Gasteiger partial charge < -0.3 is 5.32 Å². The van der Waals surface area contributed by atoms with Crippen LogP contribution in [0.5, 0.6) is 0 Å². The molecule has 0 fully saturated rings. The summed E-state index contributed by atoms with van der Waals surface area (Å²) < 4.78 is 0. The number of hydrogen-bond acceptors (Lipinski definition) is 5. The SMILES string of the molecule is CCc1cnc(CNc2nnc(Cl)c3ccccc23)s1. The summed E-state index contributed by atoms with van der Waals surface area (Å²) in [5.41, 5.74) is 0. The van der Waals surface area contributed by atoms with Gasteiger partial charge in [-0.1, -0.05) is 42.8 Å². The van der Waals surface area contributed by atoms with Crippen LogP contribution in [0.2, 0.25) is 5.15 Å². The van der Waals surface area contributed by atoms with Crippen molar-refractivity contribution in [3.05, 3.63) is 45.5 Å². The average Bonchev–Trinajstić information content (AvgIpc) is 2.95. The number of fused-ring (bicyclic) bond motifs is 1. The molecule has 0 saturated carbocycles. The quantitative estimate of drug-likeness (QED) is 0.794. The topological polar surface area (TPSA) is 50.7 Å². The second kappa shape index (κ2) is 5.73. The van der Waals surface area contributed by atoms with Crippen LogP contribution >= 0.6 is 22.9 Å². The molecule has 1 N–H and O–H groups in total. The molecule has 0 atom stereocenters. The van der Waals surface area contributed by atoms with Gasteiger partial charge in [-0.15, -0.1) is 21.5 Å². The Bertz CT molecular complexity index is 741. The third kappa shape index (κ3) is 2.59. The second-order valence-electron chi connectivity index (χ2n) is 4.31. The maximum absolute atomic E-state index is 6.06. The van der Waals surface area contributed by atoms with E-state index >= 15 is 0 Å². The van der Waals surface area contributed by atoms with Gasteiger partial charge in [0.2, 0.25) is 0 Å². The number of nitrogens with zero attached hydrogens (tertiary/aromatic N) is 3. The number of benzene rings is 1. The molecule has 3 aromatic rings. The van der Waals surface area contributed by atoms with E-state index in [2.05, 4.69) is 27.4 Å². The van der Waals surface area contributed by atoms with E-state index in [0.29, 0.717) is 11.7 Å². The third-order valence-corrected chi connectivity index (χ3v) is 4.42. The first-order valence-electron chi connectivity index (χ1n) is 6.36. The molecule has 2 heterocycles. The zero-order valence-corrected chi connectivity index (χ0v) is 12.5. The number of thiazole rings is 1. The van der Waals surface area contributed by atoms with Gasteiger partial charge in [0.15, 0.2) is 11.0 Å². The molecule has 6 heteroatoms. The van der Waals surface area contributed by atoms with Crippen molar-refractivity contribution in [2.75, 3.05) is 5.32 Å². The van der Waals surface area contributed by atoms with Crippen LogP contribution in [0.25, 0.3) is 10.8 Å². The van der Waals surface area contributed by atoms with Crippen molar-refractivity contribution in [2.24, 2.45) is 0 Å². The summed E-state index contributed by atoms with van der Waals surface area (Å²) in [5.74, 6) is 0.734. The van der Waals surface area contributed by atoms with Crippen molar-refractivity contribution >= 4 is 39.5 Å². The molecule has 0 aliphatic rings. The minimum atomic E-state index is 0.425. The molecule has 0 spiro atoms. The van der Waals surface area contributed by atoms with Crippen LogP contribution in [0.3, 0.4) is 0 Å². The lowest BCUT2D eigenvalue weighted by atomic mass is 10.2. The zero-order chi connectivity index (χ0) is 13.9. The lowest BCUT2D eigenvalue weighted by Gasteiger charge is -2.07. The van der Waals surface area contributed by atoms with Crippen molar-refractivity contribution in [3.8, 4) is 0 Å². The van der Waals surface area contributed by atoms with Crippen LogP contribution in [0.1, 0.15) is 16.8 Å². The summed E-state index contributed by atoms with van der Waals surface area (Å²) >= 11 is 7.77. The Morgan fingerprint density at radius 1 is 1.20 bits per heavy atom. The van der Waals surface area contributed by atoms with E-state index in [-0.39, 0.29) is 0 Å². The van der Waals surface area contributed by atoms with Crippen LogP contribution in [0.4, 0.5) is 5.82 Å².